The van der Waals surface area contributed by atoms with Crippen molar-refractivity contribution in [2.75, 3.05) is 11.5 Å². The van der Waals surface area contributed by atoms with E-state index in [2.05, 4.69) is 10.4 Å². The Hall–Kier alpha value is -2.83. The monoisotopic (exact) mass is 370 g/mol. The van der Waals surface area contributed by atoms with Crippen LogP contribution in [0.3, 0.4) is 0 Å². The van der Waals surface area contributed by atoms with E-state index in [0.717, 1.165) is 17.0 Å². The third kappa shape index (κ3) is 3.97. The van der Waals surface area contributed by atoms with Gasteiger partial charge >= 0.3 is 0 Å². The minimum absolute atomic E-state index is 0.0425. The van der Waals surface area contributed by atoms with Gasteiger partial charge in [0.05, 0.1) is 18.8 Å². The summed E-state index contributed by atoms with van der Waals surface area (Å²) in [7, 11) is 0. The van der Waals surface area contributed by atoms with Gasteiger partial charge in [-0.2, -0.15) is 5.10 Å². The predicted molar refractivity (Wildman–Crippen MR) is 103 cm³/mol. The molecule has 3 rings (SSSR count). The smallest absolute Gasteiger partial charge is 0.243 e. The number of hydrogen-bond acceptors (Lipinski definition) is 4. The van der Waals surface area contributed by atoms with Gasteiger partial charge < -0.3 is 10.1 Å². The Morgan fingerprint density at radius 2 is 2.11 bits per heavy atom. The van der Waals surface area contributed by atoms with Gasteiger partial charge in [0.1, 0.15) is 17.6 Å². The van der Waals surface area contributed by atoms with Crippen LogP contribution < -0.4 is 15.0 Å². The number of aryl methyl sites for hydroxylation is 2. The molecule has 0 radical (unpaired) electrons. The largest absolute Gasteiger partial charge is 0.494 e. The van der Waals surface area contributed by atoms with Crippen molar-refractivity contribution in [3.8, 4) is 5.75 Å². The minimum atomic E-state index is -0.563. The molecule has 1 N–H and O–H groups in total. The fraction of sp³-hybridized carbons (Fsp3) is 0.450. The Bertz CT molecular complexity index is 830. The van der Waals surface area contributed by atoms with Crippen LogP contribution in [-0.2, 0) is 22.7 Å². The molecule has 1 aromatic carbocycles. The van der Waals surface area contributed by atoms with Crippen molar-refractivity contribution in [1.82, 2.24) is 15.1 Å². The molecule has 2 aromatic rings. The van der Waals surface area contributed by atoms with E-state index in [0.29, 0.717) is 38.4 Å². The molecule has 7 nitrogen and oxygen atoms in total. The summed E-state index contributed by atoms with van der Waals surface area (Å²) in [6.45, 7) is 7.20. The van der Waals surface area contributed by atoms with Crippen LogP contribution in [0.4, 0.5) is 5.82 Å². The normalized spacial score (nSPS) is 14.6. The van der Waals surface area contributed by atoms with Crippen LogP contribution in [0.15, 0.2) is 30.3 Å². The fourth-order valence-electron chi connectivity index (χ4n) is 3.41. The van der Waals surface area contributed by atoms with E-state index >= 15 is 0 Å². The van der Waals surface area contributed by atoms with E-state index in [1.807, 2.05) is 51.1 Å². The molecular weight excluding hydrogens is 344 g/mol. The number of carbonyl (C=O) groups excluding carboxylic acids is 2. The van der Waals surface area contributed by atoms with Gasteiger partial charge in [-0.05, 0) is 26.3 Å². The Morgan fingerprint density at radius 1 is 1.33 bits per heavy atom. The average molecular weight is 370 g/mol. The van der Waals surface area contributed by atoms with E-state index < -0.39 is 6.04 Å². The highest BCUT2D eigenvalue weighted by molar-refractivity contribution is 6.01. The fourth-order valence-corrected chi connectivity index (χ4v) is 3.41. The molecule has 1 atom stereocenters. The topological polar surface area (TPSA) is 76.5 Å². The van der Waals surface area contributed by atoms with Crippen LogP contribution >= 0.6 is 0 Å². The maximum Gasteiger partial charge on any atom is 0.243 e. The van der Waals surface area contributed by atoms with Crippen molar-refractivity contribution in [2.45, 2.75) is 52.7 Å². The van der Waals surface area contributed by atoms with E-state index in [9.17, 15) is 9.59 Å². The molecule has 1 aromatic heterocycles. The van der Waals surface area contributed by atoms with Crippen LogP contribution in [0.5, 0.6) is 5.75 Å². The summed E-state index contributed by atoms with van der Waals surface area (Å²) >= 11 is 0. The van der Waals surface area contributed by atoms with Gasteiger partial charge in [-0.1, -0.05) is 25.1 Å². The molecule has 2 heterocycles. The first-order chi connectivity index (χ1) is 13.0. The second-order valence-corrected chi connectivity index (χ2v) is 6.56. The number of aromatic nitrogens is 2. The Labute approximate surface area is 159 Å². The third-order valence-electron chi connectivity index (χ3n) is 4.66. The lowest BCUT2D eigenvalue weighted by Gasteiger charge is -2.33. The molecule has 1 aliphatic rings. The number of para-hydroxylation sites is 1. The summed E-state index contributed by atoms with van der Waals surface area (Å²) in [4.78, 5) is 27.1. The molecule has 0 fully saturated rings. The zero-order chi connectivity index (χ0) is 19.4. The highest BCUT2D eigenvalue weighted by atomic mass is 16.5. The molecule has 1 aliphatic heterocycles. The lowest BCUT2D eigenvalue weighted by Crippen LogP contribution is -2.52. The molecule has 7 heteroatoms. The predicted octanol–water partition coefficient (Wildman–Crippen LogP) is 2.42. The SMILES string of the molecule is CCOc1ccccc1CNC(=O)C(CC)N1C(=O)CCn2nc(C)cc21. The molecule has 0 saturated carbocycles. The number of anilines is 1. The van der Waals surface area contributed by atoms with E-state index in [4.69, 9.17) is 4.74 Å². The number of amides is 2. The van der Waals surface area contributed by atoms with Crippen LogP contribution in [0, 0.1) is 6.92 Å². The lowest BCUT2D eigenvalue weighted by molar-refractivity contribution is -0.127. The molecule has 0 saturated heterocycles. The number of nitrogens with zero attached hydrogens (tertiary/aromatic N) is 3. The first-order valence-corrected chi connectivity index (χ1v) is 9.40. The molecule has 144 valence electrons. The maximum atomic E-state index is 12.9. The first-order valence-electron chi connectivity index (χ1n) is 9.40. The average Bonchev–Trinajstić information content (AvgIpc) is 3.04. The van der Waals surface area contributed by atoms with Crippen LogP contribution in [0.1, 0.15) is 37.9 Å². The van der Waals surface area contributed by atoms with Crippen molar-refractivity contribution in [2.24, 2.45) is 0 Å². The Morgan fingerprint density at radius 3 is 2.85 bits per heavy atom. The van der Waals surface area contributed by atoms with Crippen LogP contribution in [0.25, 0.3) is 0 Å². The summed E-state index contributed by atoms with van der Waals surface area (Å²) in [6, 6.07) is 8.93. The number of rotatable bonds is 7. The summed E-state index contributed by atoms with van der Waals surface area (Å²) in [5, 5.41) is 7.37. The quantitative estimate of drug-likeness (QED) is 0.812. The van der Waals surface area contributed by atoms with Gasteiger partial charge in [-0.3, -0.25) is 14.5 Å². The van der Waals surface area contributed by atoms with Crippen molar-refractivity contribution in [3.05, 3.63) is 41.6 Å². The standard InChI is InChI=1S/C20H26N4O3/c1-4-16(24-18-12-14(3)22-23(18)11-10-19(24)25)20(26)21-13-15-8-6-7-9-17(15)27-5-2/h6-9,12,16H,4-5,10-11,13H2,1-3H3,(H,21,26). The van der Waals surface area contributed by atoms with Crippen molar-refractivity contribution >= 4 is 17.6 Å². The number of benzene rings is 1. The van der Waals surface area contributed by atoms with Crippen molar-refractivity contribution in [1.29, 1.82) is 0 Å². The van der Waals surface area contributed by atoms with Crippen LogP contribution in [0.2, 0.25) is 0 Å². The second kappa shape index (κ2) is 8.24. The third-order valence-corrected chi connectivity index (χ3v) is 4.66. The van der Waals surface area contributed by atoms with Gasteiger partial charge in [-0.25, -0.2) is 4.68 Å². The maximum absolute atomic E-state index is 12.9. The number of fused-ring (bicyclic) bond motifs is 1. The van der Waals surface area contributed by atoms with E-state index in [1.54, 1.807) is 9.58 Å². The first kappa shape index (κ1) is 18.9. The molecule has 0 spiro atoms. The minimum Gasteiger partial charge on any atom is -0.494 e. The Balaban J connectivity index is 1.76. The number of carbonyl (C=O) groups is 2. The molecule has 0 aliphatic carbocycles. The number of hydrogen-bond donors (Lipinski definition) is 1. The summed E-state index contributed by atoms with van der Waals surface area (Å²) in [5.41, 5.74) is 1.75. The molecule has 1 unspecified atom stereocenters. The highest BCUT2D eigenvalue weighted by Crippen LogP contribution is 2.26. The Kier molecular flexibility index (Phi) is 5.78. The van der Waals surface area contributed by atoms with E-state index in [1.165, 1.54) is 0 Å². The number of ether oxygens (including phenoxy) is 1. The molecule has 27 heavy (non-hydrogen) atoms. The number of nitrogens with one attached hydrogen (secondary N) is 1. The molecule has 0 bridgehead atoms. The summed E-state index contributed by atoms with van der Waals surface area (Å²) < 4.78 is 7.41. The zero-order valence-electron chi connectivity index (χ0n) is 16.1. The molecule has 2 amide bonds. The van der Waals surface area contributed by atoms with Gasteiger partial charge in [0, 0.05) is 24.6 Å². The highest BCUT2D eigenvalue weighted by Gasteiger charge is 2.34. The van der Waals surface area contributed by atoms with Crippen LogP contribution in [-0.4, -0.2) is 34.2 Å². The summed E-state index contributed by atoms with van der Waals surface area (Å²) in [5.74, 6) is 1.24. The van der Waals surface area contributed by atoms with E-state index in [-0.39, 0.29) is 11.8 Å². The van der Waals surface area contributed by atoms with Gasteiger partial charge in [0.15, 0.2) is 0 Å². The second-order valence-electron chi connectivity index (χ2n) is 6.56. The van der Waals surface area contributed by atoms with Crippen molar-refractivity contribution < 1.29 is 14.3 Å². The lowest BCUT2D eigenvalue weighted by atomic mass is 10.1. The van der Waals surface area contributed by atoms with Gasteiger partial charge in [0.25, 0.3) is 0 Å². The van der Waals surface area contributed by atoms with Gasteiger partial charge in [-0.15, -0.1) is 0 Å². The van der Waals surface area contributed by atoms with Gasteiger partial charge in [0.2, 0.25) is 11.8 Å². The zero-order valence-corrected chi connectivity index (χ0v) is 16.1. The molecular formula is C20H26N4O3. The van der Waals surface area contributed by atoms with Crippen molar-refractivity contribution in [3.63, 3.8) is 0 Å². The summed E-state index contributed by atoms with van der Waals surface area (Å²) in [6.07, 6.45) is 0.875.